The maximum atomic E-state index is 11.4. The van der Waals surface area contributed by atoms with Crippen molar-refractivity contribution in [3.8, 4) is 0 Å². The number of rotatable bonds is 5. The minimum Gasteiger partial charge on any atom is -0.300 e. The molecule has 1 aromatic carbocycles. The fourth-order valence-electron chi connectivity index (χ4n) is 2.58. The second-order valence-corrected chi connectivity index (χ2v) is 5.40. The molecule has 0 aromatic heterocycles. The molecule has 88 valence electrons. The van der Waals surface area contributed by atoms with Crippen LogP contribution in [0.5, 0.6) is 0 Å². The van der Waals surface area contributed by atoms with E-state index in [2.05, 4.69) is 32.9 Å². The number of hydrogen-bond donors (Lipinski definition) is 0. The molecule has 1 atom stereocenters. The van der Waals surface area contributed by atoms with Gasteiger partial charge in [-0.2, -0.15) is 0 Å². The van der Waals surface area contributed by atoms with Crippen molar-refractivity contribution in [2.45, 2.75) is 46.0 Å². The van der Waals surface area contributed by atoms with Gasteiger partial charge < -0.3 is 0 Å². The second-order valence-electron chi connectivity index (χ2n) is 5.40. The lowest BCUT2D eigenvalue weighted by Crippen LogP contribution is -2.26. The Morgan fingerprint density at radius 1 is 1.25 bits per heavy atom. The molecular weight excluding hydrogens is 196 g/mol. The highest BCUT2D eigenvalue weighted by Crippen LogP contribution is 2.34. The van der Waals surface area contributed by atoms with Crippen LogP contribution in [0.15, 0.2) is 30.3 Å². The van der Waals surface area contributed by atoms with Gasteiger partial charge in [0.05, 0.1) is 0 Å². The third-order valence-electron chi connectivity index (χ3n) is 2.97. The molecule has 0 spiro atoms. The molecule has 0 heterocycles. The maximum Gasteiger partial charge on any atom is 0.130 e. The summed E-state index contributed by atoms with van der Waals surface area (Å²) in [5.41, 5.74) is 1.26. The van der Waals surface area contributed by atoms with Crippen molar-refractivity contribution < 1.29 is 4.79 Å². The van der Waals surface area contributed by atoms with Crippen molar-refractivity contribution in [2.24, 2.45) is 5.92 Å². The van der Waals surface area contributed by atoms with Crippen molar-refractivity contribution in [3.05, 3.63) is 35.9 Å². The lowest BCUT2D eigenvalue weighted by atomic mass is 9.73. The number of carbonyl (C=O) groups is 1. The molecule has 1 nitrogen and oxygen atoms in total. The van der Waals surface area contributed by atoms with Crippen molar-refractivity contribution >= 4 is 5.78 Å². The van der Waals surface area contributed by atoms with Crippen LogP contribution < -0.4 is 0 Å². The Kier molecular flexibility index (Phi) is 4.28. The number of carbonyl (C=O) groups excluding carboxylic acids is 1. The van der Waals surface area contributed by atoms with Crippen LogP contribution in [0.2, 0.25) is 0 Å². The lowest BCUT2D eigenvalue weighted by Gasteiger charge is -2.31. The van der Waals surface area contributed by atoms with E-state index in [1.54, 1.807) is 6.92 Å². The normalized spacial score (nSPS) is 14.8. The van der Waals surface area contributed by atoms with Gasteiger partial charge in [-0.15, -0.1) is 0 Å². The Balaban J connectivity index is 2.99. The van der Waals surface area contributed by atoms with Gasteiger partial charge in [0.15, 0.2) is 0 Å². The molecule has 0 aliphatic rings. The Morgan fingerprint density at radius 3 is 2.25 bits per heavy atom. The third-order valence-corrected chi connectivity index (χ3v) is 2.97. The molecule has 0 N–H and O–H groups in total. The van der Waals surface area contributed by atoms with Crippen LogP contribution in [0.3, 0.4) is 0 Å². The van der Waals surface area contributed by atoms with Crippen LogP contribution in [0, 0.1) is 5.92 Å². The average molecular weight is 218 g/mol. The SMILES string of the molecule is CC(=O)C[C@](C)(CC(C)C)c1ccccc1. The molecule has 0 radical (unpaired) electrons. The first-order chi connectivity index (χ1) is 7.44. The summed E-state index contributed by atoms with van der Waals surface area (Å²) in [6.45, 7) is 8.30. The smallest absolute Gasteiger partial charge is 0.130 e. The fourth-order valence-corrected chi connectivity index (χ4v) is 2.58. The van der Waals surface area contributed by atoms with Crippen LogP contribution in [0.25, 0.3) is 0 Å². The molecule has 1 aromatic rings. The topological polar surface area (TPSA) is 17.1 Å². The summed E-state index contributed by atoms with van der Waals surface area (Å²) < 4.78 is 0. The summed E-state index contributed by atoms with van der Waals surface area (Å²) in [6.07, 6.45) is 1.69. The van der Waals surface area contributed by atoms with E-state index in [-0.39, 0.29) is 11.2 Å². The van der Waals surface area contributed by atoms with Crippen molar-refractivity contribution in [1.82, 2.24) is 0 Å². The summed E-state index contributed by atoms with van der Waals surface area (Å²) >= 11 is 0. The molecule has 0 saturated carbocycles. The van der Waals surface area contributed by atoms with Crippen LogP contribution in [-0.4, -0.2) is 5.78 Å². The third kappa shape index (κ3) is 3.48. The van der Waals surface area contributed by atoms with E-state index in [4.69, 9.17) is 0 Å². The Bertz CT molecular complexity index is 340. The van der Waals surface area contributed by atoms with Crippen LogP contribution in [0.1, 0.15) is 46.1 Å². The van der Waals surface area contributed by atoms with Crippen LogP contribution >= 0.6 is 0 Å². The largest absolute Gasteiger partial charge is 0.300 e. The van der Waals surface area contributed by atoms with E-state index in [0.29, 0.717) is 12.3 Å². The molecular formula is C15H22O. The minimum atomic E-state index is -0.0126. The Labute approximate surface area is 98.9 Å². The predicted octanol–water partition coefficient (Wildman–Crippen LogP) is 3.97. The molecule has 0 amide bonds. The summed E-state index contributed by atoms with van der Waals surface area (Å²) in [5, 5.41) is 0. The van der Waals surface area contributed by atoms with Gasteiger partial charge in [-0.1, -0.05) is 51.1 Å². The van der Waals surface area contributed by atoms with E-state index in [9.17, 15) is 4.79 Å². The quantitative estimate of drug-likeness (QED) is 0.731. The summed E-state index contributed by atoms with van der Waals surface area (Å²) in [4.78, 5) is 11.4. The van der Waals surface area contributed by atoms with E-state index in [1.165, 1.54) is 5.56 Å². The van der Waals surface area contributed by atoms with E-state index >= 15 is 0 Å². The van der Waals surface area contributed by atoms with E-state index in [0.717, 1.165) is 6.42 Å². The molecule has 1 rings (SSSR count). The predicted molar refractivity (Wildman–Crippen MR) is 68.5 cm³/mol. The van der Waals surface area contributed by atoms with Gasteiger partial charge in [0, 0.05) is 6.42 Å². The minimum absolute atomic E-state index is 0.0126. The van der Waals surface area contributed by atoms with E-state index in [1.807, 2.05) is 18.2 Å². The Morgan fingerprint density at radius 2 is 1.81 bits per heavy atom. The number of ketones is 1. The highest BCUT2D eigenvalue weighted by Gasteiger charge is 2.28. The van der Waals surface area contributed by atoms with Crippen LogP contribution in [0.4, 0.5) is 0 Å². The lowest BCUT2D eigenvalue weighted by molar-refractivity contribution is -0.118. The molecule has 1 heteroatoms. The summed E-state index contributed by atoms with van der Waals surface area (Å²) in [6, 6.07) is 10.4. The van der Waals surface area contributed by atoms with Crippen molar-refractivity contribution in [1.29, 1.82) is 0 Å². The molecule has 16 heavy (non-hydrogen) atoms. The van der Waals surface area contributed by atoms with Gasteiger partial charge in [-0.25, -0.2) is 0 Å². The molecule has 0 fully saturated rings. The highest BCUT2D eigenvalue weighted by atomic mass is 16.1. The number of hydrogen-bond acceptors (Lipinski definition) is 1. The van der Waals surface area contributed by atoms with Gasteiger partial charge in [0.1, 0.15) is 5.78 Å². The molecule has 0 unspecified atom stereocenters. The fraction of sp³-hybridized carbons (Fsp3) is 0.533. The van der Waals surface area contributed by atoms with Gasteiger partial charge in [0.2, 0.25) is 0 Å². The van der Waals surface area contributed by atoms with Crippen LogP contribution in [-0.2, 0) is 10.2 Å². The molecule has 0 bridgehead atoms. The summed E-state index contributed by atoms with van der Waals surface area (Å²) in [7, 11) is 0. The average Bonchev–Trinajstić information content (AvgIpc) is 2.16. The number of Topliss-reactive ketones (excluding diaryl/α,β-unsaturated/α-hetero) is 1. The maximum absolute atomic E-state index is 11.4. The summed E-state index contributed by atoms with van der Waals surface area (Å²) in [5.74, 6) is 0.872. The van der Waals surface area contributed by atoms with Crippen molar-refractivity contribution in [2.75, 3.05) is 0 Å². The first-order valence-electron chi connectivity index (χ1n) is 5.99. The highest BCUT2D eigenvalue weighted by molar-refractivity contribution is 5.77. The zero-order valence-corrected chi connectivity index (χ0v) is 10.8. The standard InChI is InChI=1S/C15H22O/c1-12(2)10-15(4,11-13(3)16)14-8-6-5-7-9-14/h5-9,12H,10-11H2,1-4H3/t15-/m0/s1. The van der Waals surface area contributed by atoms with Gasteiger partial charge in [-0.3, -0.25) is 4.79 Å². The second kappa shape index (κ2) is 5.29. The van der Waals surface area contributed by atoms with E-state index < -0.39 is 0 Å². The van der Waals surface area contributed by atoms with Gasteiger partial charge >= 0.3 is 0 Å². The van der Waals surface area contributed by atoms with Crippen molar-refractivity contribution in [3.63, 3.8) is 0 Å². The number of benzene rings is 1. The molecule has 0 aliphatic carbocycles. The molecule has 0 aliphatic heterocycles. The molecule has 0 saturated heterocycles. The van der Waals surface area contributed by atoms with Gasteiger partial charge in [0.25, 0.3) is 0 Å². The first-order valence-corrected chi connectivity index (χ1v) is 5.99. The first kappa shape index (κ1) is 13.0. The zero-order chi connectivity index (χ0) is 12.2. The monoisotopic (exact) mass is 218 g/mol. The zero-order valence-electron chi connectivity index (χ0n) is 10.8. The Hall–Kier alpha value is -1.11. The van der Waals surface area contributed by atoms with Gasteiger partial charge in [-0.05, 0) is 30.2 Å².